The van der Waals surface area contributed by atoms with Crippen molar-refractivity contribution in [1.82, 2.24) is 4.98 Å². The van der Waals surface area contributed by atoms with E-state index in [1.165, 1.54) is 7.11 Å². The maximum absolute atomic E-state index is 12.4. The van der Waals surface area contributed by atoms with Gasteiger partial charge < -0.3 is 19.5 Å². The zero-order chi connectivity index (χ0) is 19.4. The molecule has 3 aromatic rings. The van der Waals surface area contributed by atoms with E-state index in [0.29, 0.717) is 33.5 Å². The molecule has 3 rings (SSSR count). The van der Waals surface area contributed by atoms with Gasteiger partial charge in [0.05, 0.1) is 28.5 Å². The molecule has 0 aliphatic carbocycles. The second-order valence-corrected chi connectivity index (χ2v) is 7.04. The standard InChI is InChI=1S/C19H16ClIN2O4/c1-25-11-5-6-15(16(8-11)26-2)23-17(24)10-27-19-14(21)9-13(20)12-4-3-7-22-18(12)19/h3-9H,10H2,1-2H3,(H,23,24). The molecule has 0 bridgehead atoms. The van der Waals surface area contributed by atoms with Gasteiger partial charge in [-0.1, -0.05) is 11.6 Å². The van der Waals surface area contributed by atoms with Gasteiger partial charge in [-0.15, -0.1) is 0 Å². The molecule has 0 unspecified atom stereocenters. The molecule has 0 fully saturated rings. The van der Waals surface area contributed by atoms with Crippen LogP contribution in [0.1, 0.15) is 0 Å². The molecule has 1 N–H and O–H groups in total. The zero-order valence-electron chi connectivity index (χ0n) is 14.6. The number of nitrogens with one attached hydrogen (secondary N) is 1. The number of benzene rings is 2. The van der Waals surface area contributed by atoms with Crippen molar-refractivity contribution < 1.29 is 19.0 Å². The van der Waals surface area contributed by atoms with Crippen LogP contribution in [0.4, 0.5) is 5.69 Å². The summed E-state index contributed by atoms with van der Waals surface area (Å²) in [5.41, 5.74) is 1.14. The van der Waals surface area contributed by atoms with Crippen LogP contribution in [-0.4, -0.2) is 31.7 Å². The Bertz CT molecular complexity index is 997. The van der Waals surface area contributed by atoms with E-state index >= 15 is 0 Å². The Morgan fingerprint density at radius 2 is 2.04 bits per heavy atom. The lowest BCUT2D eigenvalue weighted by atomic mass is 10.2. The first-order valence-corrected chi connectivity index (χ1v) is 9.36. The first-order chi connectivity index (χ1) is 13.0. The number of rotatable bonds is 6. The van der Waals surface area contributed by atoms with Crippen LogP contribution in [0.2, 0.25) is 5.02 Å². The Morgan fingerprint density at radius 3 is 2.78 bits per heavy atom. The summed E-state index contributed by atoms with van der Waals surface area (Å²) in [7, 11) is 3.09. The molecule has 8 heteroatoms. The van der Waals surface area contributed by atoms with Crippen LogP contribution in [0, 0.1) is 3.57 Å². The van der Waals surface area contributed by atoms with E-state index in [0.717, 1.165) is 8.96 Å². The smallest absolute Gasteiger partial charge is 0.262 e. The van der Waals surface area contributed by atoms with Gasteiger partial charge >= 0.3 is 0 Å². The van der Waals surface area contributed by atoms with E-state index < -0.39 is 0 Å². The number of aromatic nitrogens is 1. The van der Waals surface area contributed by atoms with Crippen molar-refractivity contribution in [2.45, 2.75) is 0 Å². The Morgan fingerprint density at radius 1 is 1.22 bits per heavy atom. The minimum absolute atomic E-state index is 0.182. The monoisotopic (exact) mass is 498 g/mol. The molecular weight excluding hydrogens is 483 g/mol. The van der Waals surface area contributed by atoms with Crippen molar-refractivity contribution in [2.24, 2.45) is 0 Å². The molecule has 6 nitrogen and oxygen atoms in total. The Labute approximate surface area is 174 Å². The molecule has 2 aromatic carbocycles. The van der Waals surface area contributed by atoms with Crippen molar-refractivity contribution in [2.75, 3.05) is 26.1 Å². The summed E-state index contributed by atoms with van der Waals surface area (Å²) in [5, 5.41) is 4.12. The lowest BCUT2D eigenvalue weighted by Gasteiger charge is -2.14. The normalized spacial score (nSPS) is 10.5. The molecule has 27 heavy (non-hydrogen) atoms. The van der Waals surface area contributed by atoms with Crippen LogP contribution in [0.25, 0.3) is 10.9 Å². The predicted octanol–water partition coefficient (Wildman–Crippen LogP) is 4.53. The van der Waals surface area contributed by atoms with Gasteiger partial charge in [0, 0.05) is 17.6 Å². The van der Waals surface area contributed by atoms with Crippen LogP contribution >= 0.6 is 34.2 Å². The Balaban J connectivity index is 1.76. The number of methoxy groups -OCH3 is 2. The van der Waals surface area contributed by atoms with Gasteiger partial charge in [0.15, 0.2) is 12.4 Å². The SMILES string of the molecule is COc1ccc(NC(=O)COc2c(I)cc(Cl)c3cccnc23)c(OC)c1. The maximum atomic E-state index is 12.4. The summed E-state index contributed by atoms with van der Waals surface area (Å²) < 4.78 is 17.0. The van der Waals surface area contributed by atoms with E-state index in [4.69, 9.17) is 25.8 Å². The van der Waals surface area contributed by atoms with Gasteiger partial charge in [-0.2, -0.15) is 0 Å². The van der Waals surface area contributed by atoms with Gasteiger partial charge in [0.1, 0.15) is 17.0 Å². The molecule has 0 aliphatic heterocycles. The molecule has 0 saturated heterocycles. The number of hydrogen-bond acceptors (Lipinski definition) is 5. The van der Waals surface area contributed by atoms with Gasteiger partial charge in [-0.25, -0.2) is 0 Å². The predicted molar refractivity (Wildman–Crippen MR) is 113 cm³/mol. The summed E-state index contributed by atoms with van der Waals surface area (Å²) in [6.45, 7) is -0.182. The van der Waals surface area contributed by atoms with Crippen LogP contribution in [0.3, 0.4) is 0 Å². The van der Waals surface area contributed by atoms with Gasteiger partial charge in [0.25, 0.3) is 5.91 Å². The number of halogens is 2. The van der Waals surface area contributed by atoms with E-state index in [1.54, 1.807) is 43.6 Å². The highest BCUT2D eigenvalue weighted by atomic mass is 127. The fraction of sp³-hybridized carbons (Fsp3) is 0.158. The van der Waals surface area contributed by atoms with Crippen molar-refractivity contribution >= 4 is 56.7 Å². The zero-order valence-corrected chi connectivity index (χ0v) is 17.5. The number of amides is 1. The maximum Gasteiger partial charge on any atom is 0.262 e. The second-order valence-electron chi connectivity index (χ2n) is 5.47. The average molecular weight is 499 g/mol. The molecule has 0 atom stereocenters. The number of anilines is 1. The van der Waals surface area contributed by atoms with E-state index in [-0.39, 0.29) is 12.5 Å². The first kappa shape index (κ1) is 19.5. The highest BCUT2D eigenvalue weighted by molar-refractivity contribution is 14.1. The first-order valence-electron chi connectivity index (χ1n) is 7.91. The minimum Gasteiger partial charge on any atom is -0.497 e. The summed E-state index contributed by atoms with van der Waals surface area (Å²) >= 11 is 8.37. The van der Waals surface area contributed by atoms with E-state index in [2.05, 4.69) is 32.9 Å². The molecule has 0 spiro atoms. The summed E-state index contributed by atoms with van der Waals surface area (Å²) in [6, 6.07) is 10.6. The lowest BCUT2D eigenvalue weighted by Crippen LogP contribution is -2.21. The second kappa shape index (κ2) is 8.62. The fourth-order valence-electron chi connectivity index (χ4n) is 2.51. The summed E-state index contributed by atoms with van der Waals surface area (Å²) in [4.78, 5) is 16.7. The number of pyridine rings is 1. The number of ether oxygens (including phenoxy) is 3. The molecular formula is C19H16ClIN2O4. The average Bonchev–Trinajstić information content (AvgIpc) is 2.68. The topological polar surface area (TPSA) is 69.7 Å². The van der Waals surface area contributed by atoms with Gasteiger partial charge in [-0.05, 0) is 52.9 Å². The number of carbonyl (C=O) groups excluding carboxylic acids is 1. The quantitative estimate of drug-likeness (QED) is 0.506. The fourth-order valence-corrected chi connectivity index (χ4v) is 3.68. The largest absolute Gasteiger partial charge is 0.497 e. The molecule has 1 heterocycles. The van der Waals surface area contributed by atoms with E-state index in [1.807, 2.05) is 6.07 Å². The highest BCUT2D eigenvalue weighted by Gasteiger charge is 2.15. The molecule has 0 saturated carbocycles. The molecule has 1 amide bonds. The lowest BCUT2D eigenvalue weighted by molar-refractivity contribution is -0.118. The molecule has 140 valence electrons. The van der Waals surface area contributed by atoms with Crippen LogP contribution in [0.15, 0.2) is 42.6 Å². The van der Waals surface area contributed by atoms with Gasteiger partial charge in [0.2, 0.25) is 0 Å². The third-order valence-corrected chi connectivity index (χ3v) is 4.89. The number of hydrogen-bond donors (Lipinski definition) is 1. The number of carbonyl (C=O) groups is 1. The number of nitrogens with zero attached hydrogens (tertiary/aromatic N) is 1. The van der Waals surface area contributed by atoms with E-state index in [9.17, 15) is 4.79 Å². The van der Waals surface area contributed by atoms with Crippen LogP contribution in [-0.2, 0) is 4.79 Å². The molecule has 1 aromatic heterocycles. The Kier molecular flexibility index (Phi) is 6.22. The number of fused-ring (bicyclic) bond motifs is 1. The summed E-state index contributed by atoms with van der Waals surface area (Å²) in [5.74, 6) is 1.32. The molecule has 0 radical (unpaired) electrons. The third-order valence-electron chi connectivity index (χ3n) is 3.78. The van der Waals surface area contributed by atoms with Crippen LogP contribution in [0.5, 0.6) is 17.2 Å². The van der Waals surface area contributed by atoms with Crippen LogP contribution < -0.4 is 19.5 Å². The summed E-state index contributed by atoms with van der Waals surface area (Å²) in [6.07, 6.45) is 1.66. The van der Waals surface area contributed by atoms with Gasteiger partial charge in [-0.3, -0.25) is 9.78 Å². The van der Waals surface area contributed by atoms with Crippen molar-refractivity contribution in [3.63, 3.8) is 0 Å². The van der Waals surface area contributed by atoms with Crippen molar-refractivity contribution in [3.05, 3.63) is 51.2 Å². The van der Waals surface area contributed by atoms with Crippen molar-refractivity contribution in [3.8, 4) is 17.2 Å². The Hall–Kier alpha value is -2.26. The minimum atomic E-state index is -0.326. The third kappa shape index (κ3) is 4.36. The highest BCUT2D eigenvalue weighted by Crippen LogP contribution is 2.35. The van der Waals surface area contributed by atoms with Crippen molar-refractivity contribution in [1.29, 1.82) is 0 Å². The molecule has 0 aliphatic rings.